The Labute approximate surface area is 148 Å². The Morgan fingerprint density at radius 1 is 0.880 bits per heavy atom. The van der Waals surface area contributed by atoms with E-state index in [1.807, 2.05) is 0 Å². The summed E-state index contributed by atoms with van der Waals surface area (Å²) in [5.41, 5.74) is 5.31. The van der Waals surface area contributed by atoms with E-state index in [1.165, 1.54) is 0 Å². The Morgan fingerprint density at radius 3 is 2.04 bits per heavy atom. The first-order chi connectivity index (χ1) is 11.7. The molecule has 0 aliphatic carbocycles. The Kier molecular flexibility index (Phi) is 11.2. The van der Waals surface area contributed by atoms with E-state index in [1.54, 1.807) is 27.7 Å². The van der Waals surface area contributed by atoms with Gasteiger partial charge in [-0.3, -0.25) is 19.2 Å². The molecule has 9 nitrogen and oxygen atoms in total. The molecule has 0 aliphatic rings. The second-order valence-corrected chi connectivity index (χ2v) is 6.05. The molecule has 25 heavy (non-hydrogen) atoms. The van der Waals surface area contributed by atoms with Crippen molar-refractivity contribution >= 4 is 23.6 Å². The highest BCUT2D eigenvalue weighted by atomic mass is 16.2. The highest BCUT2D eigenvalue weighted by molar-refractivity contribution is 5.92. The number of hydrogen-bond acceptors (Lipinski definition) is 5. The topological polar surface area (TPSA) is 142 Å². The fourth-order valence-electron chi connectivity index (χ4n) is 1.94. The van der Waals surface area contributed by atoms with Crippen LogP contribution in [-0.4, -0.2) is 55.3 Å². The molecular weight excluding hydrogens is 326 g/mol. The van der Waals surface area contributed by atoms with Gasteiger partial charge in [-0.05, 0) is 12.8 Å². The second kappa shape index (κ2) is 12.2. The molecule has 0 rings (SSSR count). The fourth-order valence-corrected chi connectivity index (χ4v) is 1.94. The van der Waals surface area contributed by atoms with Gasteiger partial charge >= 0.3 is 0 Å². The van der Waals surface area contributed by atoms with Crippen LogP contribution in [0.1, 0.15) is 40.5 Å². The first kappa shape index (κ1) is 22.8. The summed E-state index contributed by atoms with van der Waals surface area (Å²) in [6.07, 6.45) is 0.428. The maximum Gasteiger partial charge on any atom is 0.243 e. The molecule has 0 fully saturated rings. The van der Waals surface area contributed by atoms with E-state index in [0.717, 1.165) is 0 Å². The van der Waals surface area contributed by atoms with Crippen LogP contribution in [0.4, 0.5) is 0 Å². The fraction of sp³-hybridized carbons (Fsp3) is 0.750. The van der Waals surface area contributed by atoms with Gasteiger partial charge in [0, 0.05) is 32.5 Å². The minimum absolute atomic E-state index is 0.0782. The van der Waals surface area contributed by atoms with Crippen molar-refractivity contribution in [2.45, 2.75) is 52.6 Å². The molecule has 6 N–H and O–H groups in total. The van der Waals surface area contributed by atoms with Crippen molar-refractivity contribution in [2.24, 2.45) is 11.7 Å². The minimum Gasteiger partial charge on any atom is -0.356 e. The lowest BCUT2D eigenvalue weighted by atomic mass is 10.0. The normalized spacial score (nSPS) is 12.9. The third kappa shape index (κ3) is 9.65. The maximum absolute atomic E-state index is 12.3. The molecule has 0 aromatic rings. The van der Waals surface area contributed by atoms with E-state index < -0.39 is 18.0 Å². The number of nitrogens with two attached hydrogens (primary N) is 1. The van der Waals surface area contributed by atoms with Gasteiger partial charge in [0.15, 0.2) is 0 Å². The van der Waals surface area contributed by atoms with Crippen LogP contribution in [0.25, 0.3) is 0 Å². The summed E-state index contributed by atoms with van der Waals surface area (Å²) in [6.45, 7) is 7.72. The highest BCUT2D eigenvalue weighted by Crippen LogP contribution is 2.03. The van der Waals surface area contributed by atoms with E-state index in [2.05, 4.69) is 21.3 Å². The number of hydrogen-bond donors (Lipinski definition) is 5. The molecule has 0 radical (unpaired) electrons. The summed E-state index contributed by atoms with van der Waals surface area (Å²) < 4.78 is 0. The van der Waals surface area contributed by atoms with Crippen LogP contribution >= 0.6 is 0 Å². The predicted molar refractivity (Wildman–Crippen MR) is 94.4 cm³/mol. The van der Waals surface area contributed by atoms with E-state index >= 15 is 0 Å². The first-order valence-corrected chi connectivity index (χ1v) is 8.57. The monoisotopic (exact) mass is 357 g/mol. The van der Waals surface area contributed by atoms with E-state index in [9.17, 15) is 19.2 Å². The zero-order valence-electron chi connectivity index (χ0n) is 15.5. The van der Waals surface area contributed by atoms with Crippen molar-refractivity contribution in [1.82, 2.24) is 21.3 Å². The highest BCUT2D eigenvalue weighted by Gasteiger charge is 2.26. The van der Waals surface area contributed by atoms with Crippen molar-refractivity contribution < 1.29 is 19.2 Å². The van der Waals surface area contributed by atoms with E-state index in [-0.39, 0.29) is 36.6 Å². The van der Waals surface area contributed by atoms with Crippen LogP contribution in [0, 0.1) is 5.92 Å². The van der Waals surface area contributed by atoms with Crippen LogP contribution in [0.3, 0.4) is 0 Å². The van der Waals surface area contributed by atoms with Gasteiger partial charge < -0.3 is 27.0 Å². The van der Waals surface area contributed by atoms with Crippen molar-refractivity contribution in [1.29, 1.82) is 0 Å². The molecule has 0 saturated heterocycles. The summed E-state index contributed by atoms with van der Waals surface area (Å²) in [7, 11) is 0. The zero-order valence-corrected chi connectivity index (χ0v) is 15.5. The summed E-state index contributed by atoms with van der Waals surface area (Å²) in [4.78, 5) is 47.2. The average molecular weight is 357 g/mol. The quantitative estimate of drug-likeness (QED) is 0.310. The molecule has 0 unspecified atom stereocenters. The Hall–Kier alpha value is -2.16. The van der Waals surface area contributed by atoms with Crippen LogP contribution in [-0.2, 0) is 19.2 Å². The van der Waals surface area contributed by atoms with Crippen LogP contribution in [0.2, 0.25) is 0 Å². The predicted octanol–water partition coefficient (Wildman–Crippen LogP) is -1.38. The average Bonchev–Trinajstić information content (AvgIpc) is 2.56. The molecule has 0 aromatic carbocycles. The summed E-state index contributed by atoms with van der Waals surface area (Å²) in [6, 6.07) is -1.50. The third-order valence-electron chi connectivity index (χ3n) is 3.46. The van der Waals surface area contributed by atoms with E-state index in [4.69, 9.17) is 5.73 Å². The van der Waals surface area contributed by atoms with Crippen LogP contribution in [0.15, 0.2) is 0 Å². The van der Waals surface area contributed by atoms with Gasteiger partial charge in [0.1, 0.15) is 12.1 Å². The SMILES string of the molecule is CCC(=O)NCCC(=O)N[C@H](C(=O)N[C@@H](C)C(=O)NCCN)C(C)C. The standard InChI is InChI=1S/C16H31N5O4/c1-5-12(22)18-8-6-13(23)21-14(10(2)3)16(25)20-11(4)15(24)19-9-7-17/h10-11,14H,5-9,17H2,1-4H3,(H,18,22)(H,19,24)(H,20,25)(H,21,23)/t11-,14-/m0/s1. The molecule has 0 heterocycles. The van der Waals surface area contributed by atoms with Gasteiger partial charge in [0.2, 0.25) is 23.6 Å². The lowest BCUT2D eigenvalue weighted by Crippen LogP contribution is -2.55. The molecule has 0 saturated carbocycles. The van der Waals surface area contributed by atoms with Gasteiger partial charge in [-0.1, -0.05) is 20.8 Å². The van der Waals surface area contributed by atoms with Crippen molar-refractivity contribution in [3.8, 4) is 0 Å². The summed E-state index contributed by atoms with van der Waals surface area (Å²) >= 11 is 0. The third-order valence-corrected chi connectivity index (χ3v) is 3.46. The van der Waals surface area contributed by atoms with Crippen molar-refractivity contribution in [3.63, 3.8) is 0 Å². The van der Waals surface area contributed by atoms with Crippen molar-refractivity contribution in [2.75, 3.05) is 19.6 Å². The van der Waals surface area contributed by atoms with Gasteiger partial charge in [-0.15, -0.1) is 0 Å². The summed E-state index contributed by atoms with van der Waals surface area (Å²) in [5.74, 6) is -1.41. The smallest absolute Gasteiger partial charge is 0.243 e. The molecule has 2 atom stereocenters. The van der Waals surface area contributed by atoms with Gasteiger partial charge in [-0.2, -0.15) is 0 Å². The molecule has 0 aliphatic heterocycles. The molecular formula is C16H31N5O4. The van der Waals surface area contributed by atoms with E-state index in [0.29, 0.717) is 19.5 Å². The summed E-state index contributed by atoms with van der Waals surface area (Å²) in [5, 5.41) is 10.4. The molecule has 0 aromatic heterocycles. The first-order valence-electron chi connectivity index (χ1n) is 8.57. The van der Waals surface area contributed by atoms with Crippen molar-refractivity contribution in [3.05, 3.63) is 0 Å². The lowest BCUT2D eigenvalue weighted by molar-refractivity contribution is -0.132. The number of amides is 4. The number of rotatable bonds is 11. The largest absolute Gasteiger partial charge is 0.356 e. The molecule has 0 spiro atoms. The lowest BCUT2D eigenvalue weighted by Gasteiger charge is -2.23. The van der Waals surface area contributed by atoms with Gasteiger partial charge in [0.25, 0.3) is 0 Å². The molecule has 4 amide bonds. The number of nitrogens with one attached hydrogen (secondary N) is 4. The molecule has 144 valence electrons. The maximum atomic E-state index is 12.3. The Bertz CT molecular complexity index is 467. The Balaban J connectivity index is 4.51. The number of carbonyl (C=O) groups excluding carboxylic acids is 4. The van der Waals surface area contributed by atoms with Crippen LogP contribution < -0.4 is 27.0 Å². The second-order valence-electron chi connectivity index (χ2n) is 6.05. The van der Waals surface area contributed by atoms with Gasteiger partial charge in [0.05, 0.1) is 0 Å². The molecule has 9 heteroatoms. The zero-order chi connectivity index (χ0) is 19.4. The minimum atomic E-state index is -0.765. The van der Waals surface area contributed by atoms with Gasteiger partial charge in [-0.25, -0.2) is 0 Å². The molecule has 0 bridgehead atoms. The van der Waals surface area contributed by atoms with Crippen LogP contribution in [0.5, 0.6) is 0 Å². The number of carbonyl (C=O) groups is 4. The Morgan fingerprint density at radius 2 is 1.52 bits per heavy atom.